The van der Waals surface area contributed by atoms with E-state index in [2.05, 4.69) is 16.2 Å². The molecule has 2 aromatic heterocycles. The summed E-state index contributed by atoms with van der Waals surface area (Å²) in [6.07, 6.45) is 6.57. The lowest BCUT2D eigenvalue weighted by Crippen LogP contribution is -2.07. The smallest absolute Gasteiger partial charge is 0.179 e. The highest BCUT2D eigenvalue weighted by atomic mass is 32.1. The number of nitriles is 1. The molecule has 0 aliphatic carbocycles. The Bertz CT molecular complexity index is 1250. The fourth-order valence-electron chi connectivity index (χ4n) is 2.97. The fraction of sp³-hybridized carbons (Fsp3) is 0.0833. The molecule has 0 spiro atoms. The summed E-state index contributed by atoms with van der Waals surface area (Å²) in [6, 6.07) is 19.2. The Morgan fingerprint density at radius 2 is 1.97 bits per heavy atom. The van der Waals surface area contributed by atoms with Gasteiger partial charge in [-0.05, 0) is 48.6 Å². The molecular formula is C24H18N4O2S. The van der Waals surface area contributed by atoms with Crippen LogP contribution in [0, 0.1) is 11.3 Å². The molecule has 0 fully saturated rings. The zero-order chi connectivity index (χ0) is 21.6. The van der Waals surface area contributed by atoms with Crippen LogP contribution in [0.1, 0.15) is 16.5 Å². The molecule has 0 N–H and O–H groups in total. The molecule has 6 nitrogen and oxygen atoms in total. The van der Waals surface area contributed by atoms with Crippen LogP contribution in [0.25, 0.3) is 23.0 Å². The average Bonchev–Trinajstić information content (AvgIpc) is 3.49. The lowest BCUT2D eigenvalue weighted by Gasteiger charge is -2.02. The van der Waals surface area contributed by atoms with Gasteiger partial charge in [0.2, 0.25) is 0 Å². The first-order valence-electron chi connectivity index (χ1n) is 9.49. The lowest BCUT2D eigenvalue weighted by atomic mass is 10.1. The minimum Gasteiger partial charge on any atom is -0.497 e. The van der Waals surface area contributed by atoms with E-state index >= 15 is 0 Å². The van der Waals surface area contributed by atoms with Crippen LogP contribution in [0.2, 0.25) is 0 Å². The van der Waals surface area contributed by atoms with E-state index < -0.39 is 5.92 Å². The number of methoxy groups -OCH3 is 1. The maximum atomic E-state index is 12.7. The second kappa shape index (κ2) is 9.20. The standard InChI is InChI=1S/C24H18N4O2S/c1-30-20-10-8-18(9-11-20)22-16-31-24(27-22)21(13-25)23(29)12-7-17-14-26-28(15-17)19-5-3-2-4-6-19/h2-12,14-16,21H,1H3/b12-7+. The zero-order valence-corrected chi connectivity index (χ0v) is 17.5. The van der Waals surface area contributed by atoms with Gasteiger partial charge in [-0.1, -0.05) is 18.2 Å². The van der Waals surface area contributed by atoms with Crippen LogP contribution in [0.15, 0.2) is 78.4 Å². The van der Waals surface area contributed by atoms with Crippen LogP contribution < -0.4 is 4.74 Å². The van der Waals surface area contributed by atoms with E-state index in [0.717, 1.165) is 28.3 Å². The van der Waals surface area contributed by atoms with Crippen LogP contribution in [-0.4, -0.2) is 27.7 Å². The van der Waals surface area contributed by atoms with Crippen molar-refractivity contribution in [3.8, 4) is 28.8 Å². The summed E-state index contributed by atoms with van der Waals surface area (Å²) in [4.78, 5) is 17.2. The predicted molar refractivity (Wildman–Crippen MR) is 120 cm³/mol. The molecule has 1 atom stereocenters. The first-order valence-corrected chi connectivity index (χ1v) is 10.4. The molecule has 1 unspecified atom stereocenters. The van der Waals surface area contributed by atoms with E-state index in [4.69, 9.17) is 4.74 Å². The average molecular weight is 427 g/mol. The Balaban J connectivity index is 1.48. The van der Waals surface area contributed by atoms with Crippen LogP contribution in [0.5, 0.6) is 5.75 Å². The van der Waals surface area contributed by atoms with Crippen LogP contribution >= 0.6 is 11.3 Å². The topological polar surface area (TPSA) is 80.8 Å². The summed E-state index contributed by atoms with van der Waals surface area (Å²) in [5, 5.41) is 16.2. The first kappa shape index (κ1) is 20.3. The number of ketones is 1. The minimum atomic E-state index is -0.947. The van der Waals surface area contributed by atoms with Gasteiger partial charge in [0.25, 0.3) is 0 Å². The molecule has 31 heavy (non-hydrogen) atoms. The van der Waals surface area contributed by atoms with Crippen molar-refractivity contribution in [2.75, 3.05) is 7.11 Å². The van der Waals surface area contributed by atoms with Gasteiger partial charge in [0.05, 0.1) is 30.8 Å². The van der Waals surface area contributed by atoms with E-state index in [1.807, 2.05) is 66.2 Å². The lowest BCUT2D eigenvalue weighted by molar-refractivity contribution is -0.114. The number of hydrogen-bond donors (Lipinski definition) is 0. The SMILES string of the molecule is COc1ccc(-c2csc(C(C#N)C(=O)/C=C/c3cnn(-c4ccccc4)c3)n2)cc1. The largest absolute Gasteiger partial charge is 0.497 e. The van der Waals surface area contributed by atoms with Crippen molar-refractivity contribution in [1.29, 1.82) is 5.26 Å². The number of para-hydroxylation sites is 1. The van der Waals surface area contributed by atoms with Gasteiger partial charge in [0, 0.05) is 22.7 Å². The van der Waals surface area contributed by atoms with Gasteiger partial charge < -0.3 is 4.74 Å². The van der Waals surface area contributed by atoms with E-state index in [1.54, 1.807) is 24.1 Å². The molecule has 0 saturated carbocycles. The highest BCUT2D eigenvalue weighted by Gasteiger charge is 2.22. The van der Waals surface area contributed by atoms with Crippen molar-refractivity contribution in [1.82, 2.24) is 14.8 Å². The quantitative estimate of drug-likeness (QED) is 0.393. The Morgan fingerprint density at radius 1 is 1.19 bits per heavy atom. The monoisotopic (exact) mass is 426 g/mol. The summed E-state index contributed by atoms with van der Waals surface area (Å²) in [6.45, 7) is 0. The van der Waals surface area contributed by atoms with Gasteiger partial charge in [0.15, 0.2) is 11.7 Å². The number of hydrogen-bond acceptors (Lipinski definition) is 6. The van der Waals surface area contributed by atoms with E-state index in [0.29, 0.717) is 5.01 Å². The van der Waals surface area contributed by atoms with Crippen molar-refractivity contribution in [2.24, 2.45) is 0 Å². The number of carbonyl (C=O) groups is 1. The van der Waals surface area contributed by atoms with Gasteiger partial charge >= 0.3 is 0 Å². The van der Waals surface area contributed by atoms with Gasteiger partial charge in [-0.25, -0.2) is 9.67 Å². The Labute approximate surface area is 183 Å². The fourth-order valence-corrected chi connectivity index (χ4v) is 3.85. The molecule has 0 aliphatic rings. The number of carbonyl (C=O) groups excluding carboxylic acids is 1. The van der Waals surface area contributed by atoms with Crippen molar-refractivity contribution in [3.63, 3.8) is 0 Å². The van der Waals surface area contributed by atoms with Crippen molar-refractivity contribution < 1.29 is 9.53 Å². The van der Waals surface area contributed by atoms with Gasteiger partial charge in [0.1, 0.15) is 10.8 Å². The summed E-state index contributed by atoms with van der Waals surface area (Å²) in [5.74, 6) is -0.506. The van der Waals surface area contributed by atoms with Crippen molar-refractivity contribution in [2.45, 2.75) is 5.92 Å². The molecule has 0 bridgehead atoms. The van der Waals surface area contributed by atoms with E-state index in [1.165, 1.54) is 17.4 Å². The molecule has 0 radical (unpaired) electrons. The molecule has 0 saturated heterocycles. The predicted octanol–water partition coefficient (Wildman–Crippen LogP) is 4.89. The Morgan fingerprint density at radius 3 is 2.68 bits per heavy atom. The third-order valence-electron chi connectivity index (χ3n) is 4.63. The normalized spacial score (nSPS) is 11.9. The summed E-state index contributed by atoms with van der Waals surface area (Å²) >= 11 is 1.30. The van der Waals surface area contributed by atoms with Crippen LogP contribution in [0.3, 0.4) is 0 Å². The van der Waals surface area contributed by atoms with Gasteiger partial charge in [-0.3, -0.25) is 4.79 Å². The van der Waals surface area contributed by atoms with Crippen LogP contribution in [-0.2, 0) is 4.79 Å². The second-order valence-electron chi connectivity index (χ2n) is 6.65. The van der Waals surface area contributed by atoms with Crippen molar-refractivity contribution >= 4 is 23.2 Å². The molecule has 7 heteroatoms. The first-order chi connectivity index (χ1) is 15.2. The van der Waals surface area contributed by atoms with E-state index in [-0.39, 0.29) is 5.78 Å². The minimum absolute atomic E-state index is 0.314. The van der Waals surface area contributed by atoms with E-state index in [9.17, 15) is 10.1 Å². The molecular weight excluding hydrogens is 408 g/mol. The summed E-state index contributed by atoms with van der Waals surface area (Å²) in [7, 11) is 1.61. The highest BCUT2D eigenvalue weighted by molar-refractivity contribution is 7.10. The number of allylic oxidation sites excluding steroid dienone is 1. The summed E-state index contributed by atoms with van der Waals surface area (Å²) in [5.41, 5.74) is 3.32. The van der Waals surface area contributed by atoms with Crippen LogP contribution in [0.4, 0.5) is 0 Å². The molecule has 0 aliphatic heterocycles. The Kier molecular flexibility index (Phi) is 6.01. The number of aromatic nitrogens is 3. The number of benzene rings is 2. The van der Waals surface area contributed by atoms with Gasteiger partial charge in [-0.15, -0.1) is 11.3 Å². The molecule has 4 aromatic rings. The number of ether oxygens (including phenoxy) is 1. The maximum absolute atomic E-state index is 12.7. The number of rotatable bonds is 7. The van der Waals surface area contributed by atoms with Crippen molar-refractivity contribution in [3.05, 3.63) is 89.0 Å². The molecule has 2 heterocycles. The third-order valence-corrected chi connectivity index (χ3v) is 5.54. The summed E-state index contributed by atoms with van der Waals surface area (Å²) < 4.78 is 6.90. The third kappa shape index (κ3) is 4.60. The van der Waals surface area contributed by atoms with Gasteiger partial charge in [-0.2, -0.15) is 10.4 Å². The Hall–Kier alpha value is -4.02. The maximum Gasteiger partial charge on any atom is 0.179 e. The number of thiazole rings is 1. The second-order valence-corrected chi connectivity index (χ2v) is 7.54. The molecule has 2 aromatic carbocycles. The zero-order valence-electron chi connectivity index (χ0n) is 16.7. The molecule has 152 valence electrons. The molecule has 0 amide bonds. The highest BCUT2D eigenvalue weighted by Crippen LogP contribution is 2.28. The number of nitrogens with zero attached hydrogens (tertiary/aromatic N) is 4. The molecule has 4 rings (SSSR count).